The van der Waals surface area contributed by atoms with Crippen molar-refractivity contribution < 1.29 is 8.78 Å². The zero-order valence-electron chi connectivity index (χ0n) is 9.24. The van der Waals surface area contributed by atoms with Crippen LogP contribution in [0.1, 0.15) is 5.56 Å². The molecule has 0 aromatic heterocycles. The van der Waals surface area contributed by atoms with Crippen molar-refractivity contribution in [1.82, 2.24) is 0 Å². The van der Waals surface area contributed by atoms with E-state index >= 15 is 0 Å². The van der Waals surface area contributed by atoms with Crippen molar-refractivity contribution in [3.8, 4) is 6.07 Å². The SMILES string of the molecule is N#Cc1ccc(Nc2ccc(N)cc2F)c(F)c1. The minimum atomic E-state index is -0.620. The highest BCUT2D eigenvalue weighted by molar-refractivity contribution is 5.63. The largest absolute Gasteiger partial charge is 0.399 e. The molecule has 0 aliphatic heterocycles. The van der Waals surface area contributed by atoms with Crippen LogP contribution in [0.2, 0.25) is 0 Å². The van der Waals surface area contributed by atoms with Gasteiger partial charge in [0.1, 0.15) is 11.6 Å². The summed E-state index contributed by atoms with van der Waals surface area (Å²) in [6.45, 7) is 0. The second kappa shape index (κ2) is 4.72. The van der Waals surface area contributed by atoms with Crippen molar-refractivity contribution in [3.63, 3.8) is 0 Å². The van der Waals surface area contributed by atoms with Crippen LogP contribution in [0.25, 0.3) is 0 Å². The van der Waals surface area contributed by atoms with E-state index in [1.54, 1.807) is 0 Å². The van der Waals surface area contributed by atoms with Crippen molar-refractivity contribution in [1.29, 1.82) is 5.26 Å². The molecule has 0 amide bonds. The molecule has 2 aromatic carbocycles. The van der Waals surface area contributed by atoms with Crippen LogP contribution in [0.4, 0.5) is 25.8 Å². The van der Waals surface area contributed by atoms with Gasteiger partial charge < -0.3 is 11.1 Å². The summed E-state index contributed by atoms with van der Waals surface area (Å²) in [6, 6.07) is 9.79. The van der Waals surface area contributed by atoms with E-state index in [-0.39, 0.29) is 16.9 Å². The maximum atomic E-state index is 13.6. The van der Waals surface area contributed by atoms with E-state index in [0.29, 0.717) is 5.69 Å². The van der Waals surface area contributed by atoms with E-state index in [0.717, 1.165) is 12.1 Å². The Balaban J connectivity index is 2.32. The van der Waals surface area contributed by atoms with Gasteiger partial charge in [0.15, 0.2) is 0 Å². The molecule has 0 aliphatic carbocycles. The van der Waals surface area contributed by atoms with Crippen LogP contribution < -0.4 is 11.1 Å². The lowest BCUT2D eigenvalue weighted by Gasteiger charge is -2.09. The highest BCUT2D eigenvalue weighted by atomic mass is 19.1. The van der Waals surface area contributed by atoms with Crippen LogP contribution in [0.5, 0.6) is 0 Å². The molecule has 2 aromatic rings. The molecule has 18 heavy (non-hydrogen) atoms. The van der Waals surface area contributed by atoms with Gasteiger partial charge in [0.2, 0.25) is 0 Å². The third kappa shape index (κ3) is 2.38. The van der Waals surface area contributed by atoms with Gasteiger partial charge in [-0.25, -0.2) is 8.78 Å². The Kier molecular flexibility index (Phi) is 3.11. The number of nitrogens with one attached hydrogen (secondary N) is 1. The highest BCUT2D eigenvalue weighted by Gasteiger charge is 2.07. The van der Waals surface area contributed by atoms with Crippen LogP contribution in [-0.4, -0.2) is 0 Å². The van der Waals surface area contributed by atoms with E-state index in [1.807, 2.05) is 6.07 Å². The molecule has 3 N–H and O–H groups in total. The van der Waals surface area contributed by atoms with Gasteiger partial charge in [0.25, 0.3) is 0 Å². The summed E-state index contributed by atoms with van der Waals surface area (Å²) in [5.41, 5.74) is 6.12. The zero-order valence-corrected chi connectivity index (χ0v) is 9.24. The molecule has 0 aliphatic rings. The minimum absolute atomic E-state index is 0.0951. The Morgan fingerprint density at radius 2 is 1.61 bits per heavy atom. The lowest BCUT2D eigenvalue weighted by atomic mass is 10.2. The fourth-order valence-corrected chi connectivity index (χ4v) is 1.46. The monoisotopic (exact) mass is 245 g/mol. The van der Waals surface area contributed by atoms with E-state index in [9.17, 15) is 8.78 Å². The topological polar surface area (TPSA) is 61.8 Å². The first-order chi connectivity index (χ1) is 8.60. The van der Waals surface area contributed by atoms with Crippen LogP contribution in [-0.2, 0) is 0 Å². The van der Waals surface area contributed by atoms with Gasteiger partial charge in [0, 0.05) is 5.69 Å². The summed E-state index contributed by atoms with van der Waals surface area (Å²) >= 11 is 0. The van der Waals surface area contributed by atoms with Crippen LogP contribution in [0, 0.1) is 23.0 Å². The summed E-state index contributed by atoms with van der Waals surface area (Å²) in [5.74, 6) is -1.19. The maximum absolute atomic E-state index is 13.6. The molecule has 0 atom stereocenters. The molecule has 0 spiro atoms. The molecule has 0 fully saturated rings. The molecule has 90 valence electrons. The molecule has 2 rings (SSSR count). The standard InChI is InChI=1S/C13H9F2N3/c14-10-5-8(7-16)1-3-12(10)18-13-4-2-9(17)6-11(13)15/h1-6,18H,17H2. The van der Waals surface area contributed by atoms with Gasteiger partial charge in [-0.3, -0.25) is 0 Å². The minimum Gasteiger partial charge on any atom is -0.399 e. The lowest BCUT2D eigenvalue weighted by molar-refractivity contribution is 0.625. The van der Waals surface area contributed by atoms with E-state index in [1.165, 1.54) is 24.3 Å². The van der Waals surface area contributed by atoms with Crippen molar-refractivity contribution >= 4 is 17.1 Å². The smallest absolute Gasteiger partial charge is 0.148 e. The van der Waals surface area contributed by atoms with Gasteiger partial charge in [0.05, 0.1) is 23.0 Å². The molecule has 0 heterocycles. The first kappa shape index (κ1) is 11.9. The predicted octanol–water partition coefficient (Wildman–Crippen LogP) is 3.16. The Morgan fingerprint density at radius 1 is 1.00 bits per heavy atom. The molecular weight excluding hydrogens is 236 g/mol. The third-order valence-corrected chi connectivity index (χ3v) is 2.36. The number of anilines is 3. The van der Waals surface area contributed by atoms with E-state index in [2.05, 4.69) is 5.32 Å². The lowest BCUT2D eigenvalue weighted by Crippen LogP contribution is -1.98. The molecule has 3 nitrogen and oxygen atoms in total. The average molecular weight is 245 g/mol. The zero-order chi connectivity index (χ0) is 13.1. The van der Waals surface area contributed by atoms with Crippen molar-refractivity contribution in [2.45, 2.75) is 0 Å². The second-order valence-corrected chi connectivity index (χ2v) is 3.67. The first-order valence-electron chi connectivity index (χ1n) is 5.12. The van der Waals surface area contributed by atoms with Crippen LogP contribution >= 0.6 is 0 Å². The molecule has 0 unspecified atom stereocenters. The predicted molar refractivity (Wildman–Crippen MR) is 65.2 cm³/mol. The molecule has 0 radical (unpaired) electrons. The van der Waals surface area contributed by atoms with E-state index in [4.69, 9.17) is 11.0 Å². The number of nitrogens with zero attached hydrogens (tertiary/aromatic N) is 1. The second-order valence-electron chi connectivity index (χ2n) is 3.67. The first-order valence-corrected chi connectivity index (χ1v) is 5.12. The number of benzene rings is 2. The number of nitrogens with two attached hydrogens (primary N) is 1. The summed E-state index contributed by atoms with van der Waals surface area (Å²) < 4.78 is 27.1. The number of halogens is 2. The van der Waals surface area contributed by atoms with Crippen molar-refractivity contribution in [2.24, 2.45) is 0 Å². The fraction of sp³-hybridized carbons (Fsp3) is 0. The van der Waals surface area contributed by atoms with E-state index < -0.39 is 11.6 Å². The third-order valence-electron chi connectivity index (χ3n) is 2.36. The Morgan fingerprint density at radius 3 is 2.17 bits per heavy atom. The summed E-state index contributed by atoms with van der Waals surface area (Å²) in [4.78, 5) is 0. The molecule has 0 bridgehead atoms. The number of nitrogen functional groups attached to an aromatic ring is 1. The number of hydrogen-bond donors (Lipinski definition) is 2. The quantitative estimate of drug-likeness (QED) is 0.799. The normalized spacial score (nSPS) is 9.83. The Hall–Kier alpha value is -2.61. The number of rotatable bonds is 2. The van der Waals surface area contributed by atoms with Crippen molar-refractivity contribution in [3.05, 3.63) is 53.6 Å². The Labute approximate surface area is 102 Å². The average Bonchev–Trinajstić information content (AvgIpc) is 2.34. The summed E-state index contributed by atoms with van der Waals surface area (Å²) in [6.07, 6.45) is 0. The van der Waals surface area contributed by atoms with Crippen LogP contribution in [0.3, 0.4) is 0 Å². The molecule has 0 saturated carbocycles. The summed E-state index contributed by atoms with van der Waals surface area (Å²) in [7, 11) is 0. The van der Waals surface area contributed by atoms with Gasteiger partial charge in [-0.1, -0.05) is 0 Å². The van der Waals surface area contributed by atoms with Gasteiger partial charge in [-0.15, -0.1) is 0 Å². The van der Waals surface area contributed by atoms with Crippen LogP contribution in [0.15, 0.2) is 36.4 Å². The maximum Gasteiger partial charge on any atom is 0.148 e. The van der Waals surface area contributed by atoms with Gasteiger partial charge >= 0.3 is 0 Å². The Bertz CT molecular complexity index is 633. The molecule has 5 heteroatoms. The number of hydrogen-bond acceptors (Lipinski definition) is 3. The highest BCUT2D eigenvalue weighted by Crippen LogP contribution is 2.24. The van der Waals surface area contributed by atoms with Gasteiger partial charge in [-0.05, 0) is 36.4 Å². The van der Waals surface area contributed by atoms with Crippen molar-refractivity contribution in [2.75, 3.05) is 11.1 Å². The summed E-state index contributed by atoms with van der Waals surface area (Å²) in [5, 5.41) is 11.2. The fourth-order valence-electron chi connectivity index (χ4n) is 1.46. The number of nitriles is 1. The van der Waals surface area contributed by atoms with Gasteiger partial charge in [-0.2, -0.15) is 5.26 Å². The molecule has 0 saturated heterocycles. The molecular formula is C13H9F2N3.